The predicted molar refractivity (Wildman–Crippen MR) is 75.2 cm³/mol. The van der Waals surface area contributed by atoms with Crippen LogP contribution in [0.2, 0.25) is 0 Å². The SMILES string of the molecule is COc1ccc(CNC2(C)CCC2)c(OC)c1OC. The molecule has 19 heavy (non-hydrogen) atoms. The summed E-state index contributed by atoms with van der Waals surface area (Å²) in [5.74, 6) is 2.10. The number of methoxy groups -OCH3 is 3. The maximum atomic E-state index is 5.48. The Morgan fingerprint density at radius 3 is 2.21 bits per heavy atom. The zero-order valence-corrected chi connectivity index (χ0v) is 12.2. The Bertz CT molecular complexity index is 441. The lowest BCUT2D eigenvalue weighted by atomic mass is 9.78. The van der Waals surface area contributed by atoms with Crippen LogP contribution in [-0.2, 0) is 6.54 Å². The molecule has 1 aliphatic carbocycles. The molecule has 1 fully saturated rings. The predicted octanol–water partition coefficient (Wildman–Crippen LogP) is 2.74. The van der Waals surface area contributed by atoms with Gasteiger partial charge in [-0.15, -0.1) is 0 Å². The number of benzene rings is 1. The average Bonchev–Trinajstić information content (AvgIpc) is 2.41. The summed E-state index contributed by atoms with van der Waals surface area (Å²) in [6.45, 7) is 3.05. The maximum Gasteiger partial charge on any atom is 0.203 e. The third-order valence-corrected chi connectivity index (χ3v) is 3.95. The van der Waals surface area contributed by atoms with E-state index in [9.17, 15) is 0 Å². The van der Waals surface area contributed by atoms with Crippen LogP contribution in [0.4, 0.5) is 0 Å². The van der Waals surface area contributed by atoms with E-state index in [0.29, 0.717) is 11.5 Å². The molecule has 4 nitrogen and oxygen atoms in total. The first-order valence-corrected chi connectivity index (χ1v) is 6.66. The van der Waals surface area contributed by atoms with Crippen LogP contribution in [0.5, 0.6) is 17.2 Å². The van der Waals surface area contributed by atoms with E-state index < -0.39 is 0 Å². The van der Waals surface area contributed by atoms with Gasteiger partial charge in [0.25, 0.3) is 0 Å². The van der Waals surface area contributed by atoms with Gasteiger partial charge in [0.1, 0.15) is 0 Å². The van der Waals surface area contributed by atoms with Crippen LogP contribution in [0, 0.1) is 0 Å². The number of hydrogen-bond donors (Lipinski definition) is 1. The van der Waals surface area contributed by atoms with Crippen LogP contribution >= 0.6 is 0 Å². The summed E-state index contributed by atoms with van der Waals surface area (Å²) >= 11 is 0. The molecule has 0 spiro atoms. The van der Waals surface area contributed by atoms with Crippen molar-refractivity contribution in [1.82, 2.24) is 5.32 Å². The maximum absolute atomic E-state index is 5.48. The zero-order valence-electron chi connectivity index (χ0n) is 12.2. The minimum Gasteiger partial charge on any atom is -0.493 e. The Labute approximate surface area is 115 Å². The van der Waals surface area contributed by atoms with Crippen LogP contribution in [-0.4, -0.2) is 26.9 Å². The van der Waals surface area contributed by atoms with Crippen LogP contribution < -0.4 is 19.5 Å². The van der Waals surface area contributed by atoms with Gasteiger partial charge >= 0.3 is 0 Å². The lowest BCUT2D eigenvalue weighted by molar-refractivity contribution is 0.205. The van der Waals surface area contributed by atoms with Crippen LogP contribution in [0.3, 0.4) is 0 Å². The molecule has 4 heteroatoms. The zero-order chi connectivity index (χ0) is 13.9. The van der Waals surface area contributed by atoms with E-state index in [0.717, 1.165) is 17.9 Å². The molecular formula is C15H23NO3. The highest BCUT2D eigenvalue weighted by Crippen LogP contribution is 2.40. The van der Waals surface area contributed by atoms with E-state index in [1.165, 1.54) is 19.3 Å². The van der Waals surface area contributed by atoms with Crippen molar-refractivity contribution in [1.29, 1.82) is 0 Å². The summed E-state index contributed by atoms with van der Waals surface area (Å²) in [5, 5.41) is 3.60. The van der Waals surface area contributed by atoms with Gasteiger partial charge in [-0.2, -0.15) is 0 Å². The fraction of sp³-hybridized carbons (Fsp3) is 0.600. The Balaban J connectivity index is 2.19. The topological polar surface area (TPSA) is 39.7 Å². The van der Waals surface area contributed by atoms with E-state index in [2.05, 4.69) is 12.2 Å². The van der Waals surface area contributed by atoms with Gasteiger partial charge in [-0.1, -0.05) is 6.07 Å². The minimum atomic E-state index is 0.276. The normalized spacial score (nSPS) is 16.6. The van der Waals surface area contributed by atoms with E-state index in [1.807, 2.05) is 12.1 Å². The minimum absolute atomic E-state index is 0.276. The third-order valence-electron chi connectivity index (χ3n) is 3.95. The lowest BCUT2D eigenvalue weighted by Crippen LogP contribution is -2.47. The molecule has 0 aliphatic heterocycles. The largest absolute Gasteiger partial charge is 0.493 e. The molecule has 0 unspecified atom stereocenters. The summed E-state index contributed by atoms with van der Waals surface area (Å²) in [7, 11) is 4.92. The molecule has 0 radical (unpaired) electrons. The van der Waals surface area contributed by atoms with Crippen molar-refractivity contribution >= 4 is 0 Å². The molecule has 0 bridgehead atoms. The van der Waals surface area contributed by atoms with Crippen molar-refractivity contribution in [3.63, 3.8) is 0 Å². The molecule has 1 aromatic rings. The molecule has 0 saturated heterocycles. The second-order valence-corrected chi connectivity index (χ2v) is 5.26. The first kappa shape index (κ1) is 14.0. The molecule has 1 N–H and O–H groups in total. The van der Waals surface area contributed by atoms with Gasteiger partial charge < -0.3 is 19.5 Å². The van der Waals surface area contributed by atoms with Crippen molar-refractivity contribution in [2.45, 2.75) is 38.3 Å². The Morgan fingerprint density at radius 1 is 1.05 bits per heavy atom. The van der Waals surface area contributed by atoms with Crippen LogP contribution in [0.15, 0.2) is 12.1 Å². The van der Waals surface area contributed by atoms with Crippen LogP contribution in [0.1, 0.15) is 31.7 Å². The smallest absolute Gasteiger partial charge is 0.203 e. The number of hydrogen-bond acceptors (Lipinski definition) is 4. The van der Waals surface area contributed by atoms with Gasteiger partial charge in [0.2, 0.25) is 5.75 Å². The first-order chi connectivity index (χ1) is 9.13. The van der Waals surface area contributed by atoms with Crippen molar-refractivity contribution in [2.24, 2.45) is 0 Å². The highest BCUT2D eigenvalue weighted by atomic mass is 16.5. The Morgan fingerprint density at radius 2 is 1.74 bits per heavy atom. The average molecular weight is 265 g/mol. The number of nitrogens with one attached hydrogen (secondary N) is 1. The molecule has 0 amide bonds. The summed E-state index contributed by atoms with van der Waals surface area (Å²) in [6, 6.07) is 3.94. The summed E-state index contributed by atoms with van der Waals surface area (Å²) in [4.78, 5) is 0. The van der Waals surface area contributed by atoms with Gasteiger partial charge in [-0.25, -0.2) is 0 Å². The fourth-order valence-corrected chi connectivity index (χ4v) is 2.49. The standard InChI is InChI=1S/C15H23NO3/c1-15(8-5-9-15)16-10-11-6-7-12(17-2)14(19-4)13(11)18-3/h6-7,16H,5,8-10H2,1-4H3. The molecule has 1 aliphatic rings. The molecule has 2 rings (SSSR count). The van der Waals surface area contributed by atoms with Crippen LogP contribution in [0.25, 0.3) is 0 Å². The summed E-state index contributed by atoms with van der Waals surface area (Å²) in [5.41, 5.74) is 1.37. The van der Waals surface area contributed by atoms with Crippen molar-refractivity contribution < 1.29 is 14.2 Å². The van der Waals surface area contributed by atoms with E-state index in [4.69, 9.17) is 14.2 Å². The van der Waals surface area contributed by atoms with E-state index >= 15 is 0 Å². The van der Waals surface area contributed by atoms with E-state index in [1.54, 1.807) is 21.3 Å². The summed E-state index contributed by atoms with van der Waals surface area (Å²) in [6.07, 6.45) is 3.79. The van der Waals surface area contributed by atoms with Gasteiger partial charge in [0.05, 0.1) is 21.3 Å². The molecule has 0 atom stereocenters. The fourth-order valence-electron chi connectivity index (χ4n) is 2.49. The van der Waals surface area contributed by atoms with Gasteiger partial charge in [-0.05, 0) is 32.3 Å². The Kier molecular flexibility index (Phi) is 4.20. The molecule has 1 aromatic carbocycles. The quantitative estimate of drug-likeness (QED) is 0.858. The van der Waals surface area contributed by atoms with Crippen molar-refractivity contribution in [3.05, 3.63) is 17.7 Å². The van der Waals surface area contributed by atoms with Gasteiger partial charge in [0, 0.05) is 17.6 Å². The molecule has 0 aromatic heterocycles. The lowest BCUT2D eigenvalue weighted by Gasteiger charge is -2.39. The molecule has 0 heterocycles. The van der Waals surface area contributed by atoms with Crippen molar-refractivity contribution in [3.8, 4) is 17.2 Å². The second kappa shape index (κ2) is 5.70. The van der Waals surface area contributed by atoms with E-state index in [-0.39, 0.29) is 5.54 Å². The monoisotopic (exact) mass is 265 g/mol. The molecular weight excluding hydrogens is 242 g/mol. The summed E-state index contributed by atoms with van der Waals surface area (Å²) < 4.78 is 16.2. The Hall–Kier alpha value is -1.42. The number of rotatable bonds is 6. The highest BCUT2D eigenvalue weighted by Gasteiger charge is 2.31. The second-order valence-electron chi connectivity index (χ2n) is 5.26. The third kappa shape index (κ3) is 2.78. The van der Waals surface area contributed by atoms with Gasteiger partial charge in [0.15, 0.2) is 11.5 Å². The van der Waals surface area contributed by atoms with Crippen molar-refractivity contribution in [2.75, 3.05) is 21.3 Å². The first-order valence-electron chi connectivity index (χ1n) is 6.66. The number of ether oxygens (including phenoxy) is 3. The highest BCUT2D eigenvalue weighted by molar-refractivity contribution is 5.55. The van der Waals surface area contributed by atoms with Gasteiger partial charge in [-0.3, -0.25) is 0 Å². The molecule has 106 valence electrons. The molecule has 1 saturated carbocycles.